The molecule has 1 saturated heterocycles. The number of nitrogens with zero attached hydrogens (tertiary/aromatic N) is 3. The lowest BCUT2D eigenvalue weighted by molar-refractivity contribution is 0.186. The lowest BCUT2D eigenvalue weighted by atomic mass is 10.1. The van der Waals surface area contributed by atoms with Crippen LogP contribution in [0.25, 0.3) is 0 Å². The molecule has 2 atom stereocenters. The minimum atomic E-state index is -0.557. The van der Waals surface area contributed by atoms with Crippen molar-refractivity contribution < 1.29 is 5.11 Å². The molecule has 0 amide bonds. The molecule has 1 heterocycles. The average Bonchev–Trinajstić information content (AvgIpc) is 3.11. The van der Waals surface area contributed by atoms with Gasteiger partial charge < -0.3 is 20.2 Å². The van der Waals surface area contributed by atoms with Crippen LogP contribution in [0.3, 0.4) is 0 Å². The summed E-state index contributed by atoms with van der Waals surface area (Å²) in [6, 6.07) is 8.04. The topological polar surface area (TPSA) is 51.1 Å². The predicted molar refractivity (Wildman–Crippen MR) is 125 cm³/mol. The zero-order chi connectivity index (χ0) is 18.9. The van der Waals surface area contributed by atoms with Gasteiger partial charge in [0, 0.05) is 26.2 Å². The number of nitrogens with one attached hydrogen (secondary N) is 1. The SMILES string of the molecule is CCNC(=NCC(O)c1ccc(C)cc1)N1CCC(CN(CC)CC)C1.I. The molecule has 1 aliphatic rings. The average molecular weight is 488 g/mol. The Morgan fingerprint density at radius 3 is 2.52 bits per heavy atom. The van der Waals surface area contributed by atoms with Gasteiger partial charge in [-0.25, -0.2) is 0 Å². The molecule has 1 aromatic carbocycles. The summed E-state index contributed by atoms with van der Waals surface area (Å²) in [7, 11) is 0. The van der Waals surface area contributed by atoms with Gasteiger partial charge in [-0.2, -0.15) is 0 Å². The number of aliphatic imine (C=N–C) groups is 1. The number of aliphatic hydroxyl groups excluding tert-OH is 1. The van der Waals surface area contributed by atoms with Crippen LogP contribution in [0, 0.1) is 12.8 Å². The molecule has 27 heavy (non-hydrogen) atoms. The summed E-state index contributed by atoms with van der Waals surface area (Å²) < 4.78 is 0. The Labute approximate surface area is 182 Å². The number of halogens is 1. The Balaban J connectivity index is 0.00000364. The number of hydrogen-bond acceptors (Lipinski definition) is 3. The van der Waals surface area contributed by atoms with Crippen LogP contribution in [-0.4, -0.2) is 66.7 Å². The van der Waals surface area contributed by atoms with Crippen molar-refractivity contribution in [2.24, 2.45) is 10.9 Å². The predicted octanol–water partition coefficient (Wildman–Crippen LogP) is 3.28. The van der Waals surface area contributed by atoms with Crippen molar-refractivity contribution in [3.8, 4) is 0 Å². The van der Waals surface area contributed by atoms with Crippen molar-refractivity contribution in [3.63, 3.8) is 0 Å². The van der Waals surface area contributed by atoms with E-state index in [9.17, 15) is 5.11 Å². The van der Waals surface area contributed by atoms with Crippen LogP contribution < -0.4 is 5.32 Å². The largest absolute Gasteiger partial charge is 0.386 e. The highest BCUT2D eigenvalue weighted by molar-refractivity contribution is 14.0. The van der Waals surface area contributed by atoms with Gasteiger partial charge in [0.25, 0.3) is 0 Å². The van der Waals surface area contributed by atoms with Gasteiger partial charge in [0.1, 0.15) is 0 Å². The summed E-state index contributed by atoms with van der Waals surface area (Å²) in [5.41, 5.74) is 2.13. The summed E-state index contributed by atoms with van der Waals surface area (Å²) in [5, 5.41) is 13.8. The van der Waals surface area contributed by atoms with E-state index in [-0.39, 0.29) is 24.0 Å². The summed E-state index contributed by atoms with van der Waals surface area (Å²) in [4.78, 5) is 9.56. The fourth-order valence-electron chi connectivity index (χ4n) is 3.51. The van der Waals surface area contributed by atoms with Crippen LogP contribution in [0.15, 0.2) is 29.3 Å². The van der Waals surface area contributed by atoms with Crippen molar-refractivity contribution in [2.75, 3.05) is 45.8 Å². The van der Waals surface area contributed by atoms with Gasteiger partial charge in [0.2, 0.25) is 0 Å². The first-order valence-corrected chi connectivity index (χ1v) is 10.1. The maximum Gasteiger partial charge on any atom is 0.194 e. The van der Waals surface area contributed by atoms with Gasteiger partial charge in [-0.1, -0.05) is 43.7 Å². The van der Waals surface area contributed by atoms with E-state index in [0.717, 1.165) is 50.8 Å². The molecule has 6 heteroatoms. The molecule has 2 unspecified atom stereocenters. The molecule has 0 aliphatic carbocycles. The number of likely N-dealkylation sites (tertiary alicyclic amines) is 1. The van der Waals surface area contributed by atoms with Gasteiger partial charge >= 0.3 is 0 Å². The van der Waals surface area contributed by atoms with E-state index >= 15 is 0 Å². The summed E-state index contributed by atoms with van der Waals surface area (Å²) in [5.74, 6) is 1.63. The smallest absolute Gasteiger partial charge is 0.194 e. The lowest BCUT2D eigenvalue weighted by Gasteiger charge is -2.24. The van der Waals surface area contributed by atoms with Crippen molar-refractivity contribution in [2.45, 2.75) is 40.2 Å². The van der Waals surface area contributed by atoms with Crippen molar-refractivity contribution >= 4 is 29.9 Å². The minimum absolute atomic E-state index is 0. The van der Waals surface area contributed by atoms with E-state index in [4.69, 9.17) is 4.99 Å². The maximum atomic E-state index is 10.4. The first-order valence-electron chi connectivity index (χ1n) is 10.1. The highest BCUT2D eigenvalue weighted by Crippen LogP contribution is 2.19. The molecule has 0 radical (unpaired) electrons. The van der Waals surface area contributed by atoms with E-state index in [2.05, 4.69) is 42.8 Å². The lowest BCUT2D eigenvalue weighted by Crippen LogP contribution is -2.41. The van der Waals surface area contributed by atoms with E-state index in [1.54, 1.807) is 0 Å². The Kier molecular flexibility index (Phi) is 11.3. The zero-order valence-corrected chi connectivity index (χ0v) is 19.6. The molecule has 1 aromatic rings. The van der Waals surface area contributed by atoms with E-state index in [1.807, 2.05) is 24.3 Å². The Morgan fingerprint density at radius 2 is 1.93 bits per heavy atom. The van der Waals surface area contributed by atoms with Gasteiger partial charge in [-0.3, -0.25) is 4.99 Å². The Hall–Kier alpha value is -0.860. The maximum absolute atomic E-state index is 10.4. The fourth-order valence-corrected chi connectivity index (χ4v) is 3.51. The highest BCUT2D eigenvalue weighted by Gasteiger charge is 2.26. The van der Waals surface area contributed by atoms with Crippen molar-refractivity contribution in [1.82, 2.24) is 15.1 Å². The quantitative estimate of drug-likeness (QED) is 0.335. The molecule has 0 spiro atoms. The van der Waals surface area contributed by atoms with Gasteiger partial charge in [-0.05, 0) is 44.8 Å². The third-order valence-corrected chi connectivity index (χ3v) is 5.21. The monoisotopic (exact) mass is 488 g/mol. The second-order valence-electron chi connectivity index (χ2n) is 7.21. The zero-order valence-electron chi connectivity index (χ0n) is 17.3. The van der Waals surface area contributed by atoms with E-state index in [0.29, 0.717) is 12.5 Å². The van der Waals surface area contributed by atoms with Gasteiger partial charge in [0.05, 0.1) is 12.6 Å². The van der Waals surface area contributed by atoms with Crippen molar-refractivity contribution in [3.05, 3.63) is 35.4 Å². The number of rotatable bonds is 8. The molecule has 154 valence electrons. The summed E-state index contributed by atoms with van der Waals surface area (Å²) in [6.07, 6.45) is 0.653. The van der Waals surface area contributed by atoms with Crippen LogP contribution in [0.1, 0.15) is 44.4 Å². The minimum Gasteiger partial charge on any atom is -0.386 e. The molecule has 1 fully saturated rings. The highest BCUT2D eigenvalue weighted by atomic mass is 127. The molecule has 1 aliphatic heterocycles. The van der Waals surface area contributed by atoms with E-state index in [1.165, 1.54) is 12.0 Å². The Morgan fingerprint density at radius 1 is 1.26 bits per heavy atom. The molecule has 0 aromatic heterocycles. The molecular formula is C21H37IN4O. The number of hydrogen-bond donors (Lipinski definition) is 2. The molecule has 0 bridgehead atoms. The Bertz CT molecular complexity index is 560. The second-order valence-corrected chi connectivity index (χ2v) is 7.21. The summed E-state index contributed by atoms with van der Waals surface area (Å²) in [6.45, 7) is 15.3. The second kappa shape index (κ2) is 12.6. The molecular weight excluding hydrogens is 451 g/mol. The normalized spacial score (nSPS) is 18.5. The van der Waals surface area contributed by atoms with Crippen LogP contribution in [0.2, 0.25) is 0 Å². The number of aliphatic hydroxyl groups is 1. The van der Waals surface area contributed by atoms with Crippen LogP contribution in [-0.2, 0) is 0 Å². The van der Waals surface area contributed by atoms with E-state index < -0.39 is 6.10 Å². The van der Waals surface area contributed by atoms with Crippen LogP contribution in [0.5, 0.6) is 0 Å². The third-order valence-electron chi connectivity index (χ3n) is 5.21. The third kappa shape index (κ3) is 7.58. The van der Waals surface area contributed by atoms with Crippen LogP contribution >= 0.6 is 24.0 Å². The van der Waals surface area contributed by atoms with Gasteiger partial charge in [0.15, 0.2) is 5.96 Å². The fraction of sp³-hybridized carbons (Fsp3) is 0.667. The molecule has 5 nitrogen and oxygen atoms in total. The number of guanidine groups is 1. The van der Waals surface area contributed by atoms with Crippen molar-refractivity contribution in [1.29, 1.82) is 0 Å². The summed E-state index contributed by atoms with van der Waals surface area (Å²) >= 11 is 0. The standard InChI is InChI=1S/C21H36N4O.HI/c1-5-22-21(23-14-20(26)19-10-8-17(4)9-11-19)25-13-12-18(16-25)15-24(6-2)7-3;/h8-11,18,20,26H,5-7,12-16H2,1-4H3,(H,22,23);1H. The first kappa shape index (κ1) is 24.2. The molecule has 0 saturated carbocycles. The molecule has 2 rings (SSSR count). The van der Waals surface area contributed by atoms with Crippen LogP contribution in [0.4, 0.5) is 0 Å². The number of aryl methyl sites for hydroxylation is 1. The number of benzene rings is 1. The van der Waals surface area contributed by atoms with Gasteiger partial charge in [-0.15, -0.1) is 24.0 Å². The first-order chi connectivity index (χ1) is 12.6. The molecule has 2 N–H and O–H groups in total.